The minimum atomic E-state index is 0.0608. The number of hydrogen-bond acceptors (Lipinski definition) is 3. The van der Waals surface area contributed by atoms with E-state index in [0.29, 0.717) is 15.7 Å². The minimum absolute atomic E-state index is 0.0608. The number of piperidine rings is 1. The van der Waals surface area contributed by atoms with Crippen molar-refractivity contribution in [2.24, 2.45) is 5.92 Å². The third-order valence-electron chi connectivity index (χ3n) is 4.87. The molecule has 0 spiro atoms. The van der Waals surface area contributed by atoms with E-state index < -0.39 is 0 Å². The number of aromatic amines is 1. The van der Waals surface area contributed by atoms with E-state index in [0.717, 1.165) is 45.3 Å². The average molecular weight is 395 g/mol. The number of unbranched alkanes of at least 4 members (excludes halogenated alkanes) is 1. The van der Waals surface area contributed by atoms with E-state index in [1.165, 1.54) is 12.1 Å². The molecule has 1 aromatic carbocycles. The Bertz CT molecular complexity index is 712. The van der Waals surface area contributed by atoms with Gasteiger partial charge in [-0.15, -0.1) is 0 Å². The lowest BCUT2D eigenvalue weighted by molar-refractivity contribution is -0.121. The van der Waals surface area contributed by atoms with Crippen LogP contribution in [0.15, 0.2) is 30.7 Å². The van der Waals surface area contributed by atoms with Crippen molar-refractivity contribution < 1.29 is 4.79 Å². The van der Waals surface area contributed by atoms with Crippen LogP contribution in [-0.2, 0) is 11.2 Å². The molecule has 1 aliphatic rings. The number of anilines is 1. The van der Waals surface area contributed by atoms with Crippen LogP contribution in [0, 0.1) is 5.92 Å². The first-order valence-electron chi connectivity index (χ1n) is 9.07. The van der Waals surface area contributed by atoms with Crippen LogP contribution >= 0.6 is 23.2 Å². The molecule has 1 fully saturated rings. The van der Waals surface area contributed by atoms with Crippen molar-refractivity contribution in [3.63, 3.8) is 0 Å². The molecule has 0 aliphatic carbocycles. The van der Waals surface area contributed by atoms with Crippen LogP contribution in [0.5, 0.6) is 0 Å². The summed E-state index contributed by atoms with van der Waals surface area (Å²) in [6.07, 6.45) is 8.77. The van der Waals surface area contributed by atoms with Gasteiger partial charge in [0.05, 0.1) is 16.4 Å². The summed E-state index contributed by atoms with van der Waals surface area (Å²) in [6, 6.07) is 5.17. The van der Waals surface area contributed by atoms with E-state index in [9.17, 15) is 4.79 Å². The molecule has 1 aliphatic heterocycles. The van der Waals surface area contributed by atoms with E-state index in [4.69, 9.17) is 23.2 Å². The Morgan fingerprint density at radius 3 is 2.73 bits per heavy atom. The van der Waals surface area contributed by atoms with E-state index in [1.807, 2.05) is 6.20 Å². The molecule has 26 heavy (non-hydrogen) atoms. The van der Waals surface area contributed by atoms with Crippen LogP contribution in [0.25, 0.3) is 0 Å². The molecule has 2 heterocycles. The fourth-order valence-electron chi connectivity index (χ4n) is 3.31. The van der Waals surface area contributed by atoms with Crippen molar-refractivity contribution >= 4 is 34.8 Å². The number of nitrogens with one attached hydrogen (secondary N) is 2. The summed E-state index contributed by atoms with van der Waals surface area (Å²) in [7, 11) is 0. The number of imidazole rings is 1. The molecule has 2 aromatic rings. The van der Waals surface area contributed by atoms with Gasteiger partial charge in [0.2, 0.25) is 5.91 Å². The van der Waals surface area contributed by atoms with E-state index >= 15 is 0 Å². The maximum atomic E-state index is 12.4. The van der Waals surface area contributed by atoms with Gasteiger partial charge in [0.1, 0.15) is 0 Å². The standard InChI is InChI=1S/C19H24Cl2N4O/c20-17-5-4-15(11-18(17)21)24-19(26)14-6-9-25(10-7-14)8-2-1-3-16-12-22-13-23-16/h4-5,11-14H,1-3,6-10H2,(H,22,23)(H,24,26). The zero-order chi connectivity index (χ0) is 18.4. The van der Waals surface area contributed by atoms with Crippen LogP contribution in [0.2, 0.25) is 10.0 Å². The second-order valence-corrected chi connectivity index (χ2v) is 7.58. The highest BCUT2D eigenvalue weighted by atomic mass is 35.5. The van der Waals surface area contributed by atoms with Crippen molar-refractivity contribution in [2.75, 3.05) is 25.0 Å². The number of halogens is 2. The van der Waals surface area contributed by atoms with Gasteiger partial charge >= 0.3 is 0 Å². The molecule has 0 saturated carbocycles. The van der Waals surface area contributed by atoms with Gasteiger partial charge in [-0.25, -0.2) is 4.98 Å². The summed E-state index contributed by atoms with van der Waals surface area (Å²) < 4.78 is 0. The topological polar surface area (TPSA) is 61.0 Å². The number of aromatic nitrogens is 2. The highest BCUT2D eigenvalue weighted by Crippen LogP contribution is 2.26. The number of benzene rings is 1. The first-order valence-corrected chi connectivity index (χ1v) is 9.83. The van der Waals surface area contributed by atoms with E-state index in [-0.39, 0.29) is 11.8 Å². The average Bonchev–Trinajstić information content (AvgIpc) is 3.16. The van der Waals surface area contributed by atoms with Gasteiger partial charge in [-0.2, -0.15) is 0 Å². The van der Waals surface area contributed by atoms with Gasteiger partial charge in [-0.1, -0.05) is 23.2 Å². The predicted octanol–water partition coefficient (Wildman–Crippen LogP) is 4.39. The fraction of sp³-hybridized carbons (Fsp3) is 0.474. The Balaban J connectivity index is 1.36. The number of carbonyl (C=O) groups excluding carboxylic acids is 1. The van der Waals surface area contributed by atoms with Gasteiger partial charge in [0, 0.05) is 23.5 Å². The maximum Gasteiger partial charge on any atom is 0.227 e. The number of carbonyl (C=O) groups is 1. The van der Waals surface area contributed by atoms with E-state index in [2.05, 4.69) is 20.2 Å². The molecular weight excluding hydrogens is 371 g/mol. The van der Waals surface area contributed by atoms with Crippen molar-refractivity contribution in [3.05, 3.63) is 46.5 Å². The number of rotatable bonds is 7. The van der Waals surface area contributed by atoms with E-state index in [1.54, 1.807) is 24.5 Å². The van der Waals surface area contributed by atoms with Gasteiger partial charge in [0.15, 0.2) is 0 Å². The normalized spacial score (nSPS) is 15.9. The minimum Gasteiger partial charge on any atom is -0.348 e. The number of nitrogens with zero attached hydrogens (tertiary/aromatic N) is 2. The Morgan fingerprint density at radius 1 is 1.23 bits per heavy atom. The summed E-state index contributed by atoms with van der Waals surface area (Å²) >= 11 is 11.9. The van der Waals surface area contributed by atoms with Gasteiger partial charge in [-0.3, -0.25) is 4.79 Å². The second-order valence-electron chi connectivity index (χ2n) is 6.77. The third kappa shape index (κ3) is 5.47. The van der Waals surface area contributed by atoms with Crippen molar-refractivity contribution in [2.45, 2.75) is 32.1 Å². The highest BCUT2D eigenvalue weighted by molar-refractivity contribution is 6.42. The largest absolute Gasteiger partial charge is 0.348 e. The van der Waals surface area contributed by atoms with Crippen LogP contribution in [0.1, 0.15) is 31.4 Å². The summed E-state index contributed by atoms with van der Waals surface area (Å²) in [5, 5.41) is 3.90. The molecule has 3 rings (SSSR count). The molecule has 7 heteroatoms. The number of hydrogen-bond donors (Lipinski definition) is 2. The zero-order valence-electron chi connectivity index (χ0n) is 14.7. The molecule has 140 valence electrons. The molecule has 5 nitrogen and oxygen atoms in total. The smallest absolute Gasteiger partial charge is 0.227 e. The Morgan fingerprint density at radius 2 is 2.04 bits per heavy atom. The van der Waals surface area contributed by atoms with Crippen LogP contribution in [-0.4, -0.2) is 40.4 Å². The van der Waals surface area contributed by atoms with Crippen molar-refractivity contribution in [1.82, 2.24) is 14.9 Å². The highest BCUT2D eigenvalue weighted by Gasteiger charge is 2.24. The van der Waals surface area contributed by atoms with Crippen LogP contribution in [0.3, 0.4) is 0 Å². The molecule has 1 saturated heterocycles. The third-order valence-corrected chi connectivity index (χ3v) is 5.61. The van der Waals surface area contributed by atoms with Crippen LogP contribution < -0.4 is 5.32 Å². The lowest BCUT2D eigenvalue weighted by Crippen LogP contribution is -2.38. The quantitative estimate of drug-likeness (QED) is 0.684. The van der Waals surface area contributed by atoms with Crippen molar-refractivity contribution in [1.29, 1.82) is 0 Å². The zero-order valence-corrected chi connectivity index (χ0v) is 16.2. The first-order chi connectivity index (χ1) is 12.6. The summed E-state index contributed by atoms with van der Waals surface area (Å²) in [4.78, 5) is 22.1. The molecular formula is C19H24Cl2N4O. The Hall–Kier alpha value is -1.56. The molecule has 0 atom stereocenters. The van der Waals surface area contributed by atoms with Gasteiger partial charge in [0.25, 0.3) is 0 Å². The SMILES string of the molecule is O=C(Nc1ccc(Cl)c(Cl)c1)C1CCN(CCCCc2cnc[nH]2)CC1. The van der Waals surface area contributed by atoms with Crippen LogP contribution in [0.4, 0.5) is 5.69 Å². The number of H-pyrrole nitrogens is 1. The summed E-state index contributed by atoms with van der Waals surface area (Å²) in [5.74, 6) is 0.132. The molecule has 0 radical (unpaired) electrons. The number of likely N-dealkylation sites (tertiary alicyclic amines) is 1. The van der Waals surface area contributed by atoms with Gasteiger partial charge in [-0.05, 0) is 69.9 Å². The molecule has 1 aromatic heterocycles. The second kappa shape index (κ2) is 9.40. The number of amides is 1. The fourth-order valence-corrected chi connectivity index (χ4v) is 3.61. The first kappa shape index (κ1) is 19.2. The molecule has 1 amide bonds. The monoisotopic (exact) mass is 394 g/mol. The lowest BCUT2D eigenvalue weighted by Gasteiger charge is -2.31. The Kier molecular flexibility index (Phi) is 6.94. The predicted molar refractivity (Wildman–Crippen MR) is 106 cm³/mol. The molecule has 0 unspecified atom stereocenters. The summed E-state index contributed by atoms with van der Waals surface area (Å²) in [6.45, 7) is 3.04. The lowest BCUT2D eigenvalue weighted by atomic mass is 9.95. The molecule has 0 bridgehead atoms. The maximum absolute atomic E-state index is 12.4. The number of aryl methyl sites for hydroxylation is 1. The summed E-state index contributed by atoms with van der Waals surface area (Å²) in [5.41, 5.74) is 1.90. The molecule has 2 N–H and O–H groups in total. The van der Waals surface area contributed by atoms with Gasteiger partial charge < -0.3 is 15.2 Å². The van der Waals surface area contributed by atoms with Crippen molar-refractivity contribution in [3.8, 4) is 0 Å². The Labute approximate surface area is 164 Å².